The first kappa shape index (κ1) is 16.6. The second-order valence-electron chi connectivity index (χ2n) is 6.61. The van der Waals surface area contributed by atoms with Gasteiger partial charge in [-0.3, -0.25) is 4.79 Å². The number of nitrogens with one attached hydrogen (secondary N) is 1. The van der Waals surface area contributed by atoms with Crippen LogP contribution in [0.3, 0.4) is 0 Å². The first-order valence-corrected chi connectivity index (χ1v) is 8.80. The fraction of sp³-hybridized carbons (Fsp3) is 0.381. The van der Waals surface area contributed by atoms with E-state index in [9.17, 15) is 4.79 Å². The predicted molar refractivity (Wildman–Crippen MR) is 96.9 cm³/mol. The first-order valence-electron chi connectivity index (χ1n) is 8.80. The molecule has 1 N–H and O–H groups in total. The number of benzene rings is 2. The topological polar surface area (TPSA) is 38.3 Å². The molecular weight excluding hydrogens is 298 g/mol. The number of ether oxygens (including phenoxy) is 1. The van der Waals surface area contributed by atoms with Gasteiger partial charge in [0, 0.05) is 6.04 Å². The SMILES string of the molecule is C[C@H]1CCCC[C@H]1NC(=O)COc1ccc(-c2ccccc2)cc1. The van der Waals surface area contributed by atoms with Gasteiger partial charge in [0.25, 0.3) is 5.91 Å². The second-order valence-corrected chi connectivity index (χ2v) is 6.61. The Balaban J connectivity index is 1.50. The number of hydrogen-bond acceptors (Lipinski definition) is 2. The lowest BCUT2D eigenvalue weighted by Crippen LogP contribution is -2.43. The number of amides is 1. The highest BCUT2D eigenvalue weighted by Gasteiger charge is 2.22. The average molecular weight is 323 g/mol. The molecule has 2 aromatic rings. The number of carbonyl (C=O) groups is 1. The van der Waals surface area contributed by atoms with Gasteiger partial charge in [0.1, 0.15) is 5.75 Å². The van der Waals surface area contributed by atoms with Crippen LogP contribution in [0.1, 0.15) is 32.6 Å². The van der Waals surface area contributed by atoms with Crippen molar-refractivity contribution in [1.82, 2.24) is 5.32 Å². The van der Waals surface area contributed by atoms with E-state index in [1.165, 1.54) is 24.8 Å². The minimum atomic E-state index is -0.0270. The Hall–Kier alpha value is -2.29. The molecule has 2 aromatic carbocycles. The maximum Gasteiger partial charge on any atom is 0.258 e. The van der Waals surface area contributed by atoms with Gasteiger partial charge in [-0.15, -0.1) is 0 Å². The molecule has 0 radical (unpaired) electrons. The Morgan fingerprint density at radius 3 is 2.38 bits per heavy atom. The molecule has 0 aliphatic heterocycles. The maximum atomic E-state index is 12.1. The van der Waals surface area contributed by atoms with Crippen LogP contribution in [0.4, 0.5) is 0 Å². The summed E-state index contributed by atoms with van der Waals surface area (Å²) in [5.74, 6) is 1.26. The summed E-state index contributed by atoms with van der Waals surface area (Å²) in [5, 5.41) is 3.11. The van der Waals surface area contributed by atoms with Gasteiger partial charge in [-0.25, -0.2) is 0 Å². The molecule has 1 aliphatic rings. The molecule has 0 saturated heterocycles. The fourth-order valence-electron chi connectivity index (χ4n) is 3.30. The lowest BCUT2D eigenvalue weighted by molar-refractivity contribution is -0.124. The molecule has 1 aliphatic carbocycles. The van der Waals surface area contributed by atoms with Gasteiger partial charge >= 0.3 is 0 Å². The van der Waals surface area contributed by atoms with E-state index < -0.39 is 0 Å². The van der Waals surface area contributed by atoms with Gasteiger partial charge in [-0.1, -0.05) is 62.2 Å². The van der Waals surface area contributed by atoms with Crippen molar-refractivity contribution in [2.75, 3.05) is 6.61 Å². The Bertz CT molecular complexity index is 651. The smallest absolute Gasteiger partial charge is 0.258 e. The minimum absolute atomic E-state index is 0.0270. The second kappa shape index (κ2) is 8.00. The molecule has 0 aromatic heterocycles. The molecule has 3 nitrogen and oxygen atoms in total. The normalized spacial score (nSPS) is 20.4. The number of rotatable bonds is 5. The standard InChI is InChI=1S/C21H25NO2/c1-16-7-5-6-10-20(16)22-21(23)15-24-19-13-11-18(12-14-19)17-8-3-2-4-9-17/h2-4,8-9,11-14,16,20H,5-7,10,15H2,1H3,(H,22,23)/t16-,20+/m0/s1. The first-order chi connectivity index (χ1) is 11.7. The summed E-state index contributed by atoms with van der Waals surface area (Å²) in [5.41, 5.74) is 2.32. The Morgan fingerprint density at radius 1 is 1.00 bits per heavy atom. The quantitative estimate of drug-likeness (QED) is 0.884. The molecule has 126 valence electrons. The van der Waals surface area contributed by atoms with Gasteiger partial charge in [0.05, 0.1) is 0 Å². The van der Waals surface area contributed by atoms with E-state index >= 15 is 0 Å². The monoisotopic (exact) mass is 323 g/mol. The summed E-state index contributed by atoms with van der Waals surface area (Å²) in [4.78, 5) is 12.1. The molecule has 24 heavy (non-hydrogen) atoms. The van der Waals surface area contributed by atoms with Crippen LogP contribution in [-0.4, -0.2) is 18.6 Å². The van der Waals surface area contributed by atoms with Gasteiger partial charge in [0.2, 0.25) is 0 Å². The molecule has 3 rings (SSSR count). The third kappa shape index (κ3) is 4.38. The van der Waals surface area contributed by atoms with Gasteiger partial charge < -0.3 is 10.1 Å². The van der Waals surface area contributed by atoms with Crippen LogP contribution >= 0.6 is 0 Å². The van der Waals surface area contributed by atoms with Crippen LogP contribution in [0.15, 0.2) is 54.6 Å². The Kier molecular flexibility index (Phi) is 5.52. The van der Waals surface area contributed by atoms with E-state index in [1.54, 1.807) is 0 Å². The number of carbonyl (C=O) groups excluding carboxylic acids is 1. The van der Waals surface area contributed by atoms with Gasteiger partial charge in [-0.05, 0) is 42.0 Å². The number of hydrogen-bond donors (Lipinski definition) is 1. The largest absolute Gasteiger partial charge is 0.484 e. The third-order valence-corrected chi connectivity index (χ3v) is 4.79. The summed E-state index contributed by atoms with van der Waals surface area (Å²) in [6.07, 6.45) is 4.76. The van der Waals surface area contributed by atoms with Crippen LogP contribution in [0.25, 0.3) is 11.1 Å². The van der Waals surface area contributed by atoms with Gasteiger partial charge in [0.15, 0.2) is 6.61 Å². The molecule has 1 fully saturated rings. The predicted octanol–water partition coefficient (Wildman–Crippen LogP) is 4.43. The van der Waals surface area contributed by atoms with E-state index in [1.807, 2.05) is 42.5 Å². The lowest BCUT2D eigenvalue weighted by Gasteiger charge is -2.29. The van der Waals surface area contributed by atoms with Crippen molar-refractivity contribution in [3.8, 4) is 16.9 Å². The summed E-state index contributed by atoms with van der Waals surface area (Å²) < 4.78 is 5.62. The van der Waals surface area contributed by atoms with E-state index in [0.29, 0.717) is 12.0 Å². The minimum Gasteiger partial charge on any atom is -0.484 e. The molecule has 0 bridgehead atoms. The zero-order chi connectivity index (χ0) is 16.8. The molecule has 0 heterocycles. The fourth-order valence-corrected chi connectivity index (χ4v) is 3.30. The molecule has 3 heteroatoms. The van der Waals surface area contributed by atoms with Crippen molar-refractivity contribution >= 4 is 5.91 Å². The van der Waals surface area contributed by atoms with Crippen LogP contribution in [0, 0.1) is 5.92 Å². The maximum absolute atomic E-state index is 12.1. The van der Waals surface area contributed by atoms with Crippen molar-refractivity contribution in [2.45, 2.75) is 38.6 Å². The van der Waals surface area contributed by atoms with Crippen molar-refractivity contribution in [2.24, 2.45) is 5.92 Å². The van der Waals surface area contributed by atoms with Crippen LogP contribution < -0.4 is 10.1 Å². The highest BCUT2D eigenvalue weighted by atomic mass is 16.5. The van der Waals surface area contributed by atoms with Crippen molar-refractivity contribution in [1.29, 1.82) is 0 Å². The van der Waals surface area contributed by atoms with Crippen LogP contribution in [0.2, 0.25) is 0 Å². The zero-order valence-corrected chi connectivity index (χ0v) is 14.2. The Labute approximate surface area is 144 Å². The summed E-state index contributed by atoms with van der Waals surface area (Å²) in [6, 6.07) is 18.4. The summed E-state index contributed by atoms with van der Waals surface area (Å²) >= 11 is 0. The third-order valence-electron chi connectivity index (χ3n) is 4.79. The van der Waals surface area contributed by atoms with E-state index in [2.05, 4.69) is 24.4 Å². The molecular formula is C21H25NO2. The highest BCUT2D eigenvalue weighted by Crippen LogP contribution is 2.24. The zero-order valence-electron chi connectivity index (χ0n) is 14.2. The molecule has 0 spiro atoms. The lowest BCUT2D eigenvalue weighted by atomic mass is 9.86. The van der Waals surface area contributed by atoms with Crippen molar-refractivity contribution < 1.29 is 9.53 Å². The highest BCUT2D eigenvalue weighted by molar-refractivity contribution is 5.78. The average Bonchev–Trinajstić information content (AvgIpc) is 2.63. The molecule has 1 amide bonds. The van der Waals surface area contributed by atoms with Crippen molar-refractivity contribution in [3.63, 3.8) is 0 Å². The summed E-state index contributed by atoms with van der Waals surface area (Å²) in [7, 11) is 0. The van der Waals surface area contributed by atoms with Gasteiger partial charge in [-0.2, -0.15) is 0 Å². The van der Waals surface area contributed by atoms with E-state index in [0.717, 1.165) is 17.7 Å². The molecule has 1 saturated carbocycles. The van der Waals surface area contributed by atoms with Crippen LogP contribution in [-0.2, 0) is 4.79 Å². The van der Waals surface area contributed by atoms with E-state index in [4.69, 9.17) is 4.74 Å². The van der Waals surface area contributed by atoms with Crippen LogP contribution in [0.5, 0.6) is 5.75 Å². The Morgan fingerprint density at radius 2 is 1.67 bits per heavy atom. The molecule has 2 atom stereocenters. The summed E-state index contributed by atoms with van der Waals surface area (Å²) in [6.45, 7) is 2.29. The molecule has 0 unspecified atom stereocenters. The van der Waals surface area contributed by atoms with E-state index in [-0.39, 0.29) is 12.5 Å². The van der Waals surface area contributed by atoms with Crippen molar-refractivity contribution in [3.05, 3.63) is 54.6 Å².